The van der Waals surface area contributed by atoms with E-state index in [-0.39, 0.29) is 20.6 Å². The molecule has 2 N–H and O–H groups in total. The summed E-state index contributed by atoms with van der Waals surface area (Å²) in [6.07, 6.45) is -0.238. The van der Waals surface area contributed by atoms with Gasteiger partial charge in [0, 0.05) is 21.3 Å². The van der Waals surface area contributed by atoms with Gasteiger partial charge in [-0.3, -0.25) is 0 Å². The van der Waals surface area contributed by atoms with E-state index in [9.17, 15) is 18.0 Å². The first kappa shape index (κ1) is 21.2. The molecule has 13 heteroatoms. The molecular weight excluding hydrogens is 523 g/mol. The van der Waals surface area contributed by atoms with Gasteiger partial charge in [-0.25, -0.2) is 19.7 Å². The van der Waals surface area contributed by atoms with Gasteiger partial charge in [-0.05, 0) is 41.1 Å². The molecule has 2 heterocycles. The molecule has 1 unspecified atom stereocenters. The number of carbonyl (C=O) groups is 1. The van der Waals surface area contributed by atoms with Crippen molar-refractivity contribution >= 4 is 43.6 Å². The zero-order valence-corrected chi connectivity index (χ0v) is 17.7. The van der Waals surface area contributed by atoms with Crippen molar-refractivity contribution in [3.63, 3.8) is 0 Å². The molecule has 8 nitrogen and oxygen atoms in total. The van der Waals surface area contributed by atoms with Crippen LogP contribution in [0.4, 0.5) is 23.7 Å². The Kier molecular flexibility index (Phi) is 6.17. The molecule has 0 spiro atoms. The summed E-state index contributed by atoms with van der Waals surface area (Å²) in [4.78, 5) is 24.6. The van der Waals surface area contributed by atoms with Crippen molar-refractivity contribution in [2.45, 2.75) is 19.1 Å². The molecule has 3 aromatic rings. The van der Waals surface area contributed by atoms with Crippen LogP contribution in [0, 0.1) is 0 Å². The Bertz CT molecular complexity index is 1030. The fourth-order valence-electron chi connectivity index (χ4n) is 2.38. The highest BCUT2D eigenvalue weighted by Gasteiger charge is 2.34. The number of rotatable bonds is 4. The number of carbonyl (C=O) groups excluding carboxylic acids is 1. The van der Waals surface area contributed by atoms with Crippen LogP contribution in [-0.4, -0.2) is 30.8 Å². The third-order valence-corrected chi connectivity index (χ3v) is 4.97. The van der Waals surface area contributed by atoms with Gasteiger partial charge in [0.25, 0.3) is 5.95 Å². The SMILES string of the molecule is CC(NC(=O)Nc1cc(C(F)(F)F)c(Br)cc1Br)c1ncnn1-c1ncccn1. The van der Waals surface area contributed by atoms with Gasteiger partial charge in [0.15, 0.2) is 5.82 Å². The van der Waals surface area contributed by atoms with Gasteiger partial charge in [-0.1, -0.05) is 15.9 Å². The number of alkyl halides is 3. The summed E-state index contributed by atoms with van der Waals surface area (Å²) < 4.78 is 40.8. The molecule has 0 aliphatic carbocycles. The predicted octanol–water partition coefficient (Wildman–Crippen LogP) is 4.48. The molecule has 1 atom stereocenters. The summed E-state index contributed by atoms with van der Waals surface area (Å²) in [6, 6.07) is 2.32. The van der Waals surface area contributed by atoms with Crippen molar-refractivity contribution in [2.75, 3.05) is 5.32 Å². The lowest BCUT2D eigenvalue weighted by Gasteiger charge is -2.17. The molecule has 29 heavy (non-hydrogen) atoms. The molecule has 0 bridgehead atoms. The standard InChI is InChI=1S/C16H12Br2F3N7O/c1-8(13-24-7-25-28(13)14-22-3-2-4-23-14)26-15(29)27-12-5-9(16(19,20)21)10(17)6-11(12)18/h2-8H,1H3,(H2,26,27,29). The molecule has 1 aromatic carbocycles. The first-order chi connectivity index (χ1) is 13.7. The largest absolute Gasteiger partial charge is 0.417 e. The van der Waals surface area contributed by atoms with Crippen molar-refractivity contribution < 1.29 is 18.0 Å². The number of nitrogens with zero attached hydrogens (tertiary/aromatic N) is 5. The van der Waals surface area contributed by atoms with Crippen LogP contribution in [0.15, 0.2) is 45.9 Å². The summed E-state index contributed by atoms with van der Waals surface area (Å²) in [5.74, 6) is 0.608. The molecule has 152 valence electrons. The van der Waals surface area contributed by atoms with Gasteiger partial charge in [-0.2, -0.15) is 23.0 Å². The average molecular weight is 535 g/mol. The Morgan fingerprint density at radius 1 is 1.14 bits per heavy atom. The summed E-state index contributed by atoms with van der Waals surface area (Å²) in [5.41, 5.74) is -0.955. The maximum Gasteiger partial charge on any atom is 0.417 e. The second kappa shape index (κ2) is 8.45. The van der Waals surface area contributed by atoms with Gasteiger partial charge in [0.1, 0.15) is 6.33 Å². The van der Waals surface area contributed by atoms with E-state index < -0.39 is 23.8 Å². The van der Waals surface area contributed by atoms with Crippen LogP contribution in [0.2, 0.25) is 0 Å². The van der Waals surface area contributed by atoms with Gasteiger partial charge < -0.3 is 10.6 Å². The maximum atomic E-state index is 13.1. The normalized spacial score (nSPS) is 12.5. The smallest absolute Gasteiger partial charge is 0.328 e. The fourth-order valence-corrected chi connectivity index (χ4v) is 3.70. The molecule has 2 amide bonds. The van der Waals surface area contributed by atoms with Gasteiger partial charge >= 0.3 is 12.2 Å². The maximum absolute atomic E-state index is 13.1. The number of anilines is 1. The first-order valence-corrected chi connectivity index (χ1v) is 9.56. The summed E-state index contributed by atoms with van der Waals surface area (Å²) in [7, 11) is 0. The van der Waals surface area contributed by atoms with E-state index in [4.69, 9.17) is 0 Å². The molecule has 3 rings (SSSR count). The zero-order valence-electron chi connectivity index (χ0n) is 14.6. The van der Waals surface area contributed by atoms with Crippen LogP contribution in [0.3, 0.4) is 0 Å². The van der Waals surface area contributed by atoms with E-state index in [1.165, 1.54) is 29.5 Å². The minimum absolute atomic E-state index is 0.0434. The van der Waals surface area contributed by atoms with Gasteiger partial charge in [-0.15, -0.1) is 0 Å². The average Bonchev–Trinajstić information content (AvgIpc) is 3.13. The van der Waals surface area contributed by atoms with Crippen LogP contribution in [-0.2, 0) is 6.18 Å². The number of hydrogen-bond donors (Lipinski definition) is 2. The molecule has 0 radical (unpaired) electrons. The lowest BCUT2D eigenvalue weighted by molar-refractivity contribution is -0.138. The van der Waals surface area contributed by atoms with Crippen LogP contribution >= 0.6 is 31.9 Å². The molecule has 0 saturated heterocycles. The third kappa shape index (κ3) is 4.90. The Hall–Kier alpha value is -2.54. The summed E-state index contributed by atoms with van der Waals surface area (Å²) in [5, 5.41) is 9.03. The number of aromatic nitrogens is 5. The van der Waals surface area contributed by atoms with Crippen molar-refractivity contribution in [3.05, 3.63) is 57.3 Å². The van der Waals surface area contributed by atoms with E-state index >= 15 is 0 Å². The van der Waals surface area contributed by atoms with Crippen LogP contribution in [0.1, 0.15) is 24.4 Å². The van der Waals surface area contributed by atoms with E-state index in [0.717, 1.165) is 6.07 Å². The lowest BCUT2D eigenvalue weighted by Crippen LogP contribution is -2.33. The molecular formula is C16H12Br2F3N7O. The van der Waals surface area contributed by atoms with Crippen molar-refractivity contribution in [1.82, 2.24) is 30.0 Å². The van der Waals surface area contributed by atoms with E-state index in [1.807, 2.05) is 0 Å². The van der Waals surface area contributed by atoms with Crippen molar-refractivity contribution in [3.8, 4) is 5.95 Å². The van der Waals surface area contributed by atoms with Crippen LogP contribution < -0.4 is 10.6 Å². The molecule has 0 aliphatic rings. The highest BCUT2D eigenvalue weighted by Crippen LogP contribution is 2.39. The van der Waals surface area contributed by atoms with Gasteiger partial charge in [0.05, 0.1) is 17.3 Å². The lowest BCUT2D eigenvalue weighted by atomic mass is 10.2. The minimum atomic E-state index is -4.58. The quantitative estimate of drug-likeness (QED) is 0.514. The topological polar surface area (TPSA) is 97.6 Å². The predicted molar refractivity (Wildman–Crippen MR) is 104 cm³/mol. The highest BCUT2D eigenvalue weighted by atomic mass is 79.9. The molecule has 0 aliphatic heterocycles. The molecule has 2 aromatic heterocycles. The van der Waals surface area contributed by atoms with Crippen LogP contribution in [0.5, 0.6) is 0 Å². The van der Waals surface area contributed by atoms with E-state index in [1.54, 1.807) is 13.0 Å². The number of nitrogens with one attached hydrogen (secondary N) is 2. The van der Waals surface area contributed by atoms with E-state index in [2.05, 4.69) is 62.5 Å². The Labute approximate surface area is 179 Å². The minimum Gasteiger partial charge on any atom is -0.328 e. The number of urea groups is 1. The van der Waals surface area contributed by atoms with Gasteiger partial charge in [0.2, 0.25) is 0 Å². The summed E-state index contributed by atoms with van der Waals surface area (Å²) in [6.45, 7) is 1.64. The number of halogens is 5. The summed E-state index contributed by atoms with van der Waals surface area (Å²) >= 11 is 6.01. The van der Waals surface area contributed by atoms with Crippen molar-refractivity contribution in [1.29, 1.82) is 0 Å². The Morgan fingerprint density at radius 3 is 2.48 bits per heavy atom. The number of benzene rings is 1. The fraction of sp³-hybridized carbons (Fsp3) is 0.188. The first-order valence-electron chi connectivity index (χ1n) is 7.98. The Balaban J connectivity index is 1.77. The number of amides is 2. The van der Waals surface area contributed by atoms with Crippen LogP contribution in [0.25, 0.3) is 5.95 Å². The Morgan fingerprint density at radius 2 is 1.83 bits per heavy atom. The third-order valence-electron chi connectivity index (χ3n) is 3.66. The van der Waals surface area contributed by atoms with E-state index in [0.29, 0.717) is 5.82 Å². The second-order valence-electron chi connectivity index (χ2n) is 5.71. The molecule has 0 fully saturated rings. The second-order valence-corrected chi connectivity index (χ2v) is 7.42. The van der Waals surface area contributed by atoms with Crippen molar-refractivity contribution in [2.24, 2.45) is 0 Å². The zero-order chi connectivity index (χ0) is 21.2. The monoisotopic (exact) mass is 533 g/mol. The molecule has 0 saturated carbocycles. The highest BCUT2D eigenvalue weighted by molar-refractivity contribution is 9.11. The number of hydrogen-bond acceptors (Lipinski definition) is 5.